The molecule has 2 atom stereocenters. The minimum atomic E-state index is -4.75. The van der Waals surface area contributed by atoms with Crippen molar-refractivity contribution in [3.8, 4) is 6.07 Å². The smallest absolute Gasteiger partial charge is 0.345 e. The van der Waals surface area contributed by atoms with Crippen LogP contribution in [-0.2, 0) is 4.79 Å². The van der Waals surface area contributed by atoms with E-state index in [1.807, 2.05) is 0 Å². The van der Waals surface area contributed by atoms with Crippen LogP contribution in [0, 0.1) is 17.1 Å². The van der Waals surface area contributed by atoms with Gasteiger partial charge in [0.25, 0.3) is 5.91 Å². The number of halogens is 8. The van der Waals surface area contributed by atoms with Crippen LogP contribution in [0.4, 0.5) is 30.7 Å². The third-order valence-corrected chi connectivity index (χ3v) is 5.40. The summed E-state index contributed by atoms with van der Waals surface area (Å²) in [5.74, 6) is -4.97. The molecule has 0 aromatic heterocycles. The lowest BCUT2D eigenvalue weighted by molar-refractivity contribution is -0.139. The predicted octanol–water partition coefficient (Wildman–Crippen LogP) is 5.62. The summed E-state index contributed by atoms with van der Waals surface area (Å²) < 4.78 is 91.2. The lowest BCUT2D eigenvalue weighted by Crippen LogP contribution is -2.47. The molecule has 1 unspecified atom stereocenters. The molecule has 0 heterocycles. The number of allylic oxidation sites excluding steroid dienone is 1. The van der Waals surface area contributed by atoms with Crippen LogP contribution in [0.15, 0.2) is 46.9 Å². The molecule has 0 aliphatic heterocycles. The fourth-order valence-corrected chi connectivity index (χ4v) is 3.51. The van der Waals surface area contributed by atoms with Crippen molar-refractivity contribution in [1.82, 2.24) is 10.6 Å². The molecule has 0 saturated carbocycles. The van der Waals surface area contributed by atoms with Crippen LogP contribution in [0.1, 0.15) is 39.9 Å². The van der Waals surface area contributed by atoms with Crippen LogP contribution < -0.4 is 10.6 Å². The van der Waals surface area contributed by atoms with Crippen LogP contribution in [0.25, 0.3) is 6.08 Å². The van der Waals surface area contributed by atoms with E-state index < -0.39 is 54.1 Å². The van der Waals surface area contributed by atoms with E-state index in [1.165, 1.54) is 31.2 Å². The maximum absolute atomic E-state index is 13.6. The Bertz CT molecular complexity index is 1200. The van der Waals surface area contributed by atoms with E-state index in [4.69, 9.17) is 5.26 Å². The van der Waals surface area contributed by atoms with Gasteiger partial charge in [0.2, 0.25) is 5.91 Å². The van der Waals surface area contributed by atoms with E-state index in [0.717, 1.165) is 30.4 Å². The fraction of sp³-hybridized carbons (Fsp3) is 0.261. The summed E-state index contributed by atoms with van der Waals surface area (Å²) in [7, 11) is 0. The number of hydrogen-bond acceptors (Lipinski definition) is 3. The predicted molar refractivity (Wildman–Crippen MR) is 119 cm³/mol. The Labute approximate surface area is 209 Å². The largest absolute Gasteiger partial charge is 0.405 e. The second-order valence-corrected chi connectivity index (χ2v) is 8.35. The molecule has 0 radical (unpaired) electrons. The molecule has 0 spiro atoms. The third-order valence-electron chi connectivity index (χ3n) is 4.75. The Balaban J connectivity index is 2.18. The molecular weight excluding hydrogens is 563 g/mol. The van der Waals surface area contributed by atoms with Crippen LogP contribution >= 0.6 is 15.9 Å². The van der Waals surface area contributed by atoms with Gasteiger partial charge in [0, 0.05) is 4.47 Å². The van der Waals surface area contributed by atoms with Crippen LogP contribution in [0.2, 0.25) is 0 Å². The topological polar surface area (TPSA) is 82.0 Å². The van der Waals surface area contributed by atoms with E-state index in [0.29, 0.717) is 0 Å². The van der Waals surface area contributed by atoms with Gasteiger partial charge in [-0.2, -0.15) is 31.6 Å². The average Bonchev–Trinajstić information content (AvgIpc) is 2.77. The van der Waals surface area contributed by atoms with Gasteiger partial charge in [0.15, 0.2) is 0 Å². The lowest BCUT2D eigenvalue weighted by atomic mass is 9.95. The summed E-state index contributed by atoms with van der Waals surface area (Å²) in [5, 5.41) is 12.7. The van der Waals surface area contributed by atoms with Gasteiger partial charge in [-0.15, -0.1) is 0 Å². The Morgan fingerprint density at radius 2 is 1.78 bits per heavy atom. The number of hydrogen-bond donors (Lipinski definition) is 2. The molecule has 36 heavy (non-hydrogen) atoms. The minimum Gasteiger partial charge on any atom is -0.345 e. The van der Waals surface area contributed by atoms with Crippen molar-refractivity contribution in [1.29, 1.82) is 5.26 Å². The van der Waals surface area contributed by atoms with E-state index in [1.54, 1.807) is 5.32 Å². The van der Waals surface area contributed by atoms with Gasteiger partial charge in [0.1, 0.15) is 24.5 Å². The summed E-state index contributed by atoms with van der Waals surface area (Å²) in [6, 6.07) is 6.57. The number of benzene rings is 2. The van der Waals surface area contributed by atoms with Gasteiger partial charge in [-0.3, -0.25) is 9.59 Å². The normalized spacial score (nSPS) is 13.7. The molecule has 0 bridgehead atoms. The fourth-order valence-electron chi connectivity index (χ4n) is 2.94. The molecule has 2 amide bonds. The van der Waals surface area contributed by atoms with E-state index in [2.05, 4.69) is 21.2 Å². The monoisotopic (exact) mass is 579 g/mol. The van der Waals surface area contributed by atoms with E-state index in [9.17, 15) is 40.3 Å². The van der Waals surface area contributed by atoms with Crippen molar-refractivity contribution >= 4 is 33.8 Å². The highest BCUT2D eigenvalue weighted by molar-refractivity contribution is 9.10. The zero-order chi connectivity index (χ0) is 27.3. The molecule has 13 heteroatoms. The first-order chi connectivity index (χ1) is 16.6. The summed E-state index contributed by atoms with van der Waals surface area (Å²) in [5.41, 5.74) is -0.655. The first-order valence-electron chi connectivity index (χ1n) is 10.0. The summed E-state index contributed by atoms with van der Waals surface area (Å²) in [4.78, 5) is 24.1. The number of carbonyl (C=O) groups excluding carboxylic acids is 2. The second-order valence-electron chi connectivity index (χ2n) is 7.50. The molecule has 0 saturated heterocycles. The van der Waals surface area contributed by atoms with Crippen molar-refractivity contribution < 1.29 is 40.3 Å². The highest BCUT2D eigenvalue weighted by Gasteiger charge is 2.39. The Morgan fingerprint density at radius 1 is 1.11 bits per heavy atom. The van der Waals surface area contributed by atoms with Crippen molar-refractivity contribution in [2.75, 3.05) is 6.54 Å². The van der Waals surface area contributed by atoms with Gasteiger partial charge in [0.05, 0.1) is 17.0 Å². The van der Waals surface area contributed by atoms with Gasteiger partial charge in [-0.1, -0.05) is 24.3 Å². The standard InChI is InChI=1S/C23H17BrF7N3O2/c1-12(20(35)33-11-22(26,27)28)34-21(36)16-5-2-13(8-18(16)24)3-6-17(23(29,30)31)14-4-7-19(25)15(9-14)10-32/h2-9,12,17H,11H2,1H3,(H,33,35)(H,34,36)/b6-3+/t12-,17?/m1/s1. The SMILES string of the molecule is C[C@@H](NC(=O)c1ccc(/C=C/C(c2ccc(F)c(C#N)c2)C(F)(F)F)cc1Br)C(=O)NCC(F)(F)F. The Kier molecular flexibility index (Phi) is 9.26. The molecule has 192 valence electrons. The number of carbonyl (C=O) groups is 2. The first-order valence-corrected chi connectivity index (χ1v) is 10.8. The van der Waals surface area contributed by atoms with E-state index in [-0.39, 0.29) is 21.2 Å². The molecule has 0 aliphatic carbocycles. The van der Waals surface area contributed by atoms with E-state index >= 15 is 0 Å². The highest BCUT2D eigenvalue weighted by atomic mass is 79.9. The number of nitriles is 1. The van der Waals surface area contributed by atoms with Gasteiger partial charge in [-0.05, 0) is 58.2 Å². The van der Waals surface area contributed by atoms with Crippen molar-refractivity contribution in [3.63, 3.8) is 0 Å². The summed E-state index contributed by atoms with van der Waals surface area (Å²) in [6.07, 6.45) is -7.44. The number of nitrogens with one attached hydrogen (secondary N) is 2. The number of alkyl halides is 6. The van der Waals surface area contributed by atoms with Crippen LogP contribution in [0.5, 0.6) is 0 Å². The van der Waals surface area contributed by atoms with Gasteiger partial charge >= 0.3 is 12.4 Å². The quantitative estimate of drug-likeness (QED) is 0.418. The Hall–Kier alpha value is -3.40. The lowest BCUT2D eigenvalue weighted by Gasteiger charge is -2.18. The number of nitrogens with zero attached hydrogens (tertiary/aromatic N) is 1. The molecule has 0 fully saturated rings. The zero-order valence-electron chi connectivity index (χ0n) is 18.3. The summed E-state index contributed by atoms with van der Waals surface area (Å²) >= 11 is 3.11. The van der Waals surface area contributed by atoms with Gasteiger partial charge < -0.3 is 10.6 Å². The molecular formula is C23H17BrF7N3O2. The molecule has 5 nitrogen and oxygen atoms in total. The van der Waals surface area contributed by atoms with Gasteiger partial charge in [-0.25, -0.2) is 4.39 Å². The molecule has 2 N–H and O–H groups in total. The molecule has 2 rings (SSSR count). The molecule has 2 aromatic carbocycles. The third kappa shape index (κ3) is 8.08. The zero-order valence-corrected chi connectivity index (χ0v) is 19.9. The maximum Gasteiger partial charge on any atom is 0.405 e. The van der Waals surface area contributed by atoms with Crippen LogP contribution in [-0.4, -0.2) is 36.8 Å². The molecule has 2 aromatic rings. The number of rotatable bonds is 7. The average molecular weight is 580 g/mol. The number of amides is 2. The first kappa shape index (κ1) is 28.8. The Morgan fingerprint density at radius 3 is 2.33 bits per heavy atom. The van der Waals surface area contributed by atoms with Crippen LogP contribution in [0.3, 0.4) is 0 Å². The maximum atomic E-state index is 13.6. The minimum absolute atomic E-state index is 0.0211. The highest BCUT2D eigenvalue weighted by Crippen LogP contribution is 2.37. The second kappa shape index (κ2) is 11.6. The van der Waals surface area contributed by atoms with Crippen molar-refractivity contribution in [3.05, 3.63) is 75.0 Å². The van der Waals surface area contributed by atoms with Crippen molar-refractivity contribution in [2.24, 2.45) is 0 Å². The van der Waals surface area contributed by atoms with Crippen molar-refractivity contribution in [2.45, 2.75) is 31.2 Å². The molecule has 0 aliphatic rings. The summed E-state index contributed by atoms with van der Waals surface area (Å²) in [6.45, 7) is -0.384.